The lowest BCUT2D eigenvalue weighted by Crippen LogP contribution is -2.18. The van der Waals surface area contributed by atoms with Gasteiger partial charge in [-0.2, -0.15) is 0 Å². The van der Waals surface area contributed by atoms with Crippen molar-refractivity contribution in [3.63, 3.8) is 0 Å². The van der Waals surface area contributed by atoms with Crippen LogP contribution < -0.4 is 0 Å². The zero-order valence-electron chi connectivity index (χ0n) is 8.05. The van der Waals surface area contributed by atoms with Crippen molar-refractivity contribution >= 4 is 5.78 Å². The Bertz CT molecular complexity index is 258. The van der Waals surface area contributed by atoms with E-state index in [1.807, 2.05) is 0 Å². The number of ketones is 1. The van der Waals surface area contributed by atoms with Gasteiger partial charge >= 0.3 is 0 Å². The fraction of sp³-hybridized carbons (Fsp3) is 0.727. The third-order valence-electron chi connectivity index (χ3n) is 3.51. The van der Waals surface area contributed by atoms with E-state index in [4.69, 9.17) is 0 Å². The van der Waals surface area contributed by atoms with Crippen LogP contribution in [-0.4, -0.2) is 5.78 Å². The molecule has 0 aromatic heterocycles. The molecule has 0 aliphatic heterocycles. The third kappa shape index (κ3) is 0.825. The third-order valence-corrected chi connectivity index (χ3v) is 3.51. The van der Waals surface area contributed by atoms with E-state index in [9.17, 15) is 4.79 Å². The largest absolute Gasteiger partial charge is 0.299 e. The normalized spacial score (nSPS) is 39.4. The highest BCUT2D eigenvalue weighted by Gasteiger charge is 2.48. The highest BCUT2D eigenvalue weighted by atomic mass is 16.1. The summed E-state index contributed by atoms with van der Waals surface area (Å²) in [6, 6.07) is 0. The van der Waals surface area contributed by atoms with Gasteiger partial charge in [0.1, 0.15) is 5.78 Å². The zero-order chi connectivity index (χ0) is 8.88. The van der Waals surface area contributed by atoms with Gasteiger partial charge in [-0.05, 0) is 32.6 Å². The summed E-state index contributed by atoms with van der Waals surface area (Å²) in [4.78, 5) is 11.6. The molecule has 2 rings (SSSR count). The Balaban J connectivity index is 2.44. The Morgan fingerprint density at radius 3 is 2.33 bits per heavy atom. The van der Waals surface area contributed by atoms with Crippen molar-refractivity contribution in [2.45, 2.75) is 33.6 Å². The van der Waals surface area contributed by atoms with Crippen molar-refractivity contribution in [2.24, 2.45) is 17.8 Å². The van der Waals surface area contributed by atoms with Crippen molar-refractivity contribution in [1.82, 2.24) is 0 Å². The second-order valence-electron chi connectivity index (χ2n) is 4.38. The number of hydrogen-bond donors (Lipinski definition) is 0. The Morgan fingerprint density at radius 1 is 1.33 bits per heavy atom. The minimum atomic E-state index is 0.314. The highest BCUT2D eigenvalue weighted by molar-refractivity contribution is 5.91. The summed E-state index contributed by atoms with van der Waals surface area (Å²) in [5.41, 5.74) is 2.87. The van der Waals surface area contributed by atoms with Crippen LogP contribution in [0.4, 0.5) is 0 Å². The van der Waals surface area contributed by atoms with Crippen LogP contribution in [0.25, 0.3) is 0 Å². The molecule has 0 amide bonds. The van der Waals surface area contributed by atoms with Gasteiger partial charge in [0.05, 0.1) is 0 Å². The highest BCUT2D eigenvalue weighted by Crippen LogP contribution is 2.50. The summed E-state index contributed by atoms with van der Waals surface area (Å²) < 4.78 is 0. The van der Waals surface area contributed by atoms with Gasteiger partial charge in [-0.3, -0.25) is 4.79 Å². The number of carbonyl (C=O) groups is 1. The number of carbonyl (C=O) groups excluding carboxylic acids is 1. The second-order valence-corrected chi connectivity index (χ2v) is 4.38. The first-order valence-electron chi connectivity index (χ1n) is 4.84. The Hall–Kier alpha value is -0.590. The first kappa shape index (κ1) is 8.03. The molecule has 12 heavy (non-hydrogen) atoms. The molecule has 1 heteroatoms. The molecule has 2 aliphatic rings. The summed E-state index contributed by atoms with van der Waals surface area (Å²) in [6.45, 7) is 6.38. The molecular weight excluding hydrogens is 148 g/mol. The van der Waals surface area contributed by atoms with Gasteiger partial charge in [-0.25, -0.2) is 0 Å². The molecule has 2 saturated carbocycles. The average molecular weight is 164 g/mol. The van der Waals surface area contributed by atoms with E-state index in [0.29, 0.717) is 23.5 Å². The second kappa shape index (κ2) is 2.45. The molecule has 2 bridgehead atoms. The molecule has 0 spiro atoms. The summed E-state index contributed by atoms with van der Waals surface area (Å²) in [6.07, 6.45) is 2.37. The van der Waals surface area contributed by atoms with Gasteiger partial charge in [-0.1, -0.05) is 18.1 Å². The molecule has 0 aromatic rings. The standard InChI is InChI=1S/C11H16O/c1-6(2)10-8-4-5-9(10)11(12)7(8)3/h7-9H,4-5H2,1-3H3/t7-,8-,9-/m1/s1. The molecule has 0 heterocycles. The van der Waals surface area contributed by atoms with Crippen LogP contribution >= 0.6 is 0 Å². The van der Waals surface area contributed by atoms with E-state index >= 15 is 0 Å². The maximum atomic E-state index is 11.6. The Morgan fingerprint density at radius 2 is 2.00 bits per heavy atom. The minimum Gasteiger partial charge on any atom is -0.299 e. The molecule has 1 nitrogen and oxygen atoms in total. The van der Waals surface area contributed by atoms with Crippen molar-refractivity contribution in [3.05, 3.63) is 11.1 Å². The predicted octanol–water partition coefficient (Wildman–Crippen LogP) is 2.57. The first-order chi connectivity index (χ1) is 5.63. The van der Waals surface area contributed by atoms with Gasteiger partial charge in [0.15, 0.2) is 0 Å². The summed E-state index contributed by atoms with van der Waals surface area (Å²) in [5.74, 6) is 1.73. The maximum absolute atomic E-state index is 11.6. The topological polar surface area (TPSA) is 17.1 Å². The fourth-order valence-electron chi connectivity index (χ4n) is 2.97. The van der Waals surface area contributed by atoms with E-state index in [0.717, 1.165) is 6.42 Å². The van der Waals surface area contributed by atoms with Crippen LogP contribution in [-0.2, 0) is 4.79 Å². The SMILES string of the molecule is CC(C)=C1[C@H]2CC[C@@H]1[C@@H](C)C2=O. The van der Waals surface area contributed by atoms with E-state index < -0.39 is 0 Å². The number of hydrogen-bond acceptors (Lipinski definition) is 1. The monoisotopic (exact) mass is 164 g/mol. The molecule has 0 unspecified atom stereocenters. The lowest BCUT2D eigenvalue weighted by molar-refractivity contribution is -0.124. The predicted molar refractivity (Wildman–Crippen MR) is 48.8 cm³/mol. The quantitative estimate of drug-likeness (QED) is 0.503. The molecule has 66 valence electrons. The summed E-state index contributed by atoms with van der Waals surface area (Å²) in [5, 5.41) is 0. The van der Waals surface area contributed by atoms with Crippen molar-refractivity contribution in [3.8, 4) is 0 Å². The summed E-state index contributed by atoms with van der Waals surface area (Å²) >= 11 is 0. The molecule has 0 aromatic carbocycles. The fourth-order valence-corrected chi connectivity index (χ4v) is 2.97. The van der Waals surface area contributed by atoms with Crippen molar-refractivity contribution in [2.75, 3.05) is 0 Å². The van der Waals surface area contributed by atoms with Gasteiger partial charge in [0.25, 0.3) is 0 Å². The number of allylic oxidation sites excluding steroid dienone is 2. The maximum Gasteiger partial charge on any atom is 0.143 e. The van der Waals surface area contributed by atoms with Crippen LogP contribution in [0.2, 0.25) is 0 Å². The van der Waals surface area contributed by atoms with E-state index in [1.165, 1.54) is 17.6 Å². The van der Waals surface area contributed by atoms with E-state index in [1.54, 1.807) is 0 Å². The van der Waals surface area contributed by atoms with Gasteiger partial charge < -0.3 is 0 Å². The number of fused-ring (bicyclic) bond motifs is 2. The van der Waals surface area contributed by atoms with Crippen LogP contribution in [0.15, 0.2) is 11.1 Å². The van der Waals surface area contributed by atoms with Crippen LogP contribution in [0.1, 0.15) is 33.6 Å². The average Bonchev–Trinajstić information content (AvgIpc) is 2.51. The molecule has 0 N–H and O–H groups in total. The number of Topliss-reactive ketones (excluding diaryl/α,β-unsaturated/α-hetero) is 1. The molecular formula is C11H16O. The minimum absolute atomic E-state index is 0.314. The van der Waals surface area contributed by atoms with Gasteiger partial charge in [0, 0.05) is 11.8 Å². The molecule has 0 saturated heterocycles. The molecule has 2 aliphatic carbocycles. The van der Waals surface area contributed by atoms with Crippen LogP contribution in [0.3, 0.4) is 0 Å². The smallest absolute Gasteiger partial charge is 0.143 e. The van der Waals surface area contributed by atoms with Gasteiger partial charge in [-0.15, -0.1) is 0 Å². The van der Waals surface area contributed by atoms with Crippen molar-refractivity contribution in [1.29, 1.82) is 0 Å². The molecule has 3 atom stereocenters. The number of rotatable bonds is 0. The Kier molecular flexibility index (Phi) is 1.64. The first-order valence-corrected chi connectivity index (χ1v) is 4.84. The zero-order valence-corrected chi connectivity index (χ0v) is 8.05. The van der Waals surface area contributed by atoms with Crippen molar-refractivity contribution < 1.29 is 4.79 Å². The van der Waals surface area contributed by atoms with Crippen LogP contribution in [0.5, 0.6) is 0 Å². The molecule has 0 radical (unpaired) electrons. The lowest BCUT2D eigenvalue weighted by Gasteiger charge is -2.14. The van der Waals surface area contributed by atoms with Gasteiger partial charge in [0.2, 0.25) is 0 Å². The van der Waals surface area contributed by atoms with E-state index in [-0.39, 0.29) is 0 Å². The lowest BCUT2D eigenvalue weighted by atomic mass is 9.89. The van der Waals surface area contributed by atoms with Crippen LogP contribution in [0, 0.1) is 17.8 Å². The Labute approximate surface area is 73.8 Å². The van der Waals surface area contributed by atoms with E-state index in [2.05, 4.69) is 20.8 Å². The summed E-state index contributed by atoms with van der Waals surface area (Å²) in [7, 11) is 0. The molecule has 2 fully saturated rings.